The van der Waals surface area contributed by atoms with E-state index < -0.39 is 6.04 Å². The van der Waals surface area contributed by atoms with Crippen molar-refractivity contribution < 1.29 is 4.79 Å². The van der Waals surface area contributed by atoms with Gasteiger partial charge in [0.15, 0.2) is 6.04 Å². The van der Waals surface area contributed by atoms with Crippen LogP contribution < -0.4 is 5.32 Å². The molecule has 0 aliphatic carbocycles. The van der Waals surface area contributed by atoms with Gasteiger partial charge < -0.3 is 5.32 Å². The third-order valence-corrected chi connectivity index (χ3v) is 2.31. The summed E-state index contributed by atoms with van der Waals surface area (Å²) in [6, 6.07) is 9.75. The Bertz CT molecular complexity index is 563. The maximum absolute atomic E-state index is 11.9. The lowest BCUT2D eigenvalue weighted by Gasteiger charge is -2.10. The van der Waals surface area contributed by atoms with Gasteiger partial charge in [0.05, 0.1) is 17.3 Å². The number of nitrogens with one attached hydrogen (secondary N) is 1. The van der Waals surface area contributed by atoms with E-state index in [4.69, 9.17) is 5.26 Å². The third kappa shape index (κ3) is 2.68. The number of nitrogens with zero attached hydrogens (tertiary/aromatic N) is 3. The maximum Gasteiger partial charge on any atom is 0.254 e. The molecule has 1 atom stereocenters. The summed E-state index contributed by atoms with van der Waals surface area (Å²) in [7, 11) is 0. The van der Waals surface area contributed by atoms with E-state index in [-0.39, 0.29) is 5.91 Å². The van der Waals surface area contributed by atoms with E-state index in [0.29, 0.717) is 11.3 Å². The smallest absolute Gasteiger partial charge is 0.254 e. The molecular formula is C13H10N4O. The van der Waals surface area contributed by atoms with E-state index in [9.17, 15) is 4.79 Å². The van der Waals surface area contributed by atoms with Gasteiger partial charge in [-0.2, -0.15) is 5.26 Å². The van der Waals surface area contributed by atoms with E-state index in [1.807, 2.05) is 6.07 Å². The molecule has 2 rings (SSSR count). The van der Waals surface area contributed by atoms with E-state index in [0.717, 1.165) is 0 Å². The normalized spacial score (nSPS) is 11.3. The molecule has 18 heavy (non-hydrogen) atoms. The summed E-state index contributed by atoms with van der Waals surface area (Å²) in [4.78, 5) is 19.8. The van der Waals surface area contributed by atoms with Crippen molar-refractivity contribution in [2.24, 2.45) is 0 Å². The number of carbonyl (C=O) groups excluding carboxylic acids is 1. The molecule has 0 bridgehead atoms. The van der Waals surface area contributed by atoms with Crippen LogP contribution in [0.25, 0.3) is 0 Å². The second kappa shape index (κ2) is 5.55. The average molecular weight is 238 g/mol. The fourth-order valence-corrected chi connectivity index (χ4v) is 1.43. The Morgan fingerprint density at radius 2 is 2.17 bits per heavy atom. The minimum absolute atomic E-state index is 0.347. The van der Waals surface area contributed by atoms with E-state index >= 15 is 0 Å². The Kier molecular flexibility index (Phi) is 3.62. The molecule has 88 valence electrons. The van der Waals surface area contributed by atoms with Crippen LogP contribution in [0.3, 0.4) is 0 Å². The minimum Gasteiger partial charge on any atom is -0.331 e. The molecule has 0 aliphatic heterocycles. The predicted octanol–water partition coefficient (Wildman–Crippen LogP) is 1.47. The van der Waals surface area contributed by atoms with Gasteiger partial charge in [-0.25, -0.2) is 0 Å². The summed E-state index contributed by atoms with van der Waals surface area (Å²) in [5, 5.41) is 11.7. The third-order valence-electron chi connectivity index (χ3n) is 2.31. The van der Waals surface area contributed by atoms with Crippen molar-refractivity contribution in [2.75, 3.05) is 0 Å². The summed E-state index contributed by atoms with van der Waals surface area (Å²) in [5.41, 5.74) is 0.922. The zero-order valence-electron chi connectivity index (χ0n) is 9.45. The lowest BCUT2D eigenvalue weighted by atomic mass is 10.2. The number of amides is 1. The number of nitriles is 1. The molecule has 2 aromatic rings. The molecule has 5 heteroatoms. The first-order valence-electron chi connectivity index (χ1n) is 5.32. The molecule has 1 unspecified atom stereocenters. The molecule has 0 radical (unpaired) electrons. The molecule has 0 spiro atoms. The molecule has 2 heterocycles. The van der Waals surface area contributed by atoms with Gasteiger partial charge in [-0.05, 0) is 24.3 Å². The van der Waals surface area contributed by atoms with Crippen molar-refractivity contribution in [1.82, 2.24) is 15.3 Å². The van der Waals surface area contributed by atoms with Crippen LogP contribution in [0.15, 0.2) is 48.9 Å². The summed E-state index contributed by atoms with van der Waals surface area (Å²) in [6.45, 7) is 0. The van der Waals surface area contributed by atoms with Crippen LogP contribution in [0.1, 0.15) is 22.1 Å². The molecule has 0 saturated carbocycles. The quantitative estimate of drug-likeness (QED) is 0.878. The number of pyridine rings is 2. The summed E-state index contributed by atoms with van der Waals surface area (Å²) < 4.78 is 0. The zero-order valence-corrected chi connectivity index (χ0v) is 9.45. The Labute approximate surface area is 104 Å². The number of rotatable bonds is 3. The van der Waals surface area contributed by atoms with Crippen molar-refractivity contribution >= 4 is 5.91 Å². The Balaban J connectivity index is 2.14. The van der Waals surface area contributed by atoms with Crippen LogP contribution in [-0.2, 0) is 0 Å². The van der Waals surface area contributed by atoms with Crippen molar-refractivity contribution in [3.05, 3.63) is 60.2 Å². The molecule has 0 saturated heterocycles. The summed E-state index contributed by atoms with van der Waals surface area (Å²) >= 11 is 0. The molecule has 0 fully saturated rings. The highest BCUT2D eigenvalue weighted by Gasteiger charge is 2.15. The lowest BCUT2D eigenvalue weighted by Crippen LogP contribution is -2.28. The molecular weight excluding hydrogens is 228 g/mol. The molecule has 1 N–H and O–H groups in total. The van der Waals surface area contributed by atoms with E-state index in [2.05, 4.69) is 15.3 Å². The van der Waals surface area contributed by atoms with Crippen LogP contribution in [0.4, 0.5) is 0 Å². The first kappa shape index (κ1) is 11.7. The Morgan fingerprint density at radius 3 is 2.78 bits per heavy atom. The highest BCUT2D eigenvalue weighted by Crippen LogP contribution is 2.09. The summed E-state index contributed by atoms with van der Waals surface area (Å²) in [5.74, 6) is -0.347. The van der Waals surface area contributed by atoms with Crippen molar-refractivity contribution in [1.29, 1.82) is 5.26 Å². The molecule has 1 amide bonds. The Hall–Kier alpha value is -2.74. The van der Waals surface area contributed by atoms with Crippen molar-refractivity contribution in [3.63, 3.8) is 0 Å². The van der Waals surface area contributed by atoms with Gasteiger partial charge >= 0.3 is 0 Å². The average Bonchev–Trinajstić information content (AvgIpc) is 2.46. The van der Waals surface area contributed by atoms with E-state index in [1.54, 1.807) is 42.7 Å². The van der Waals surface area contributed by atoms with Gasteiger partial charge in [0.25, 0.3) is 5.91 Å². The summed E-state index contributed by atoms with van der Waals surface area (Å²) in [6.07, 6.45) is 4.61. The fourth-order valence-electron chi connectivity index (χ4n) is 1.43. The first-order chi connectivity index (χ1) is 8.81. The van der Waals surface area contributed by atoms with Crippen LogP contribution >= 0.6 is 0 Å². The van der Waals surface area contributed by atoms with E-state index in [1.165, 1.54) is 6.20 Å². The SMILES string of the molecule is N#CC(NC(=O)c1cccnc1)c1ccccn1. The topological polar surface area (TPSA) is 78.7 Å². The molecule has 2 aromatic heterocycles. The van der Waals surface area contributed by atoms with Gasteiger partial charge in [-0.3, -0.25) is 14.8 Å². The highest BCUT2D eigenvalue weighted by atomic mass is 16.1. The van der Waals surface area contributed by atoms with Crippen LogP contribution in [0.5, 0.6) is 0 Å². The van der Waals surface area contributed by atoms with Gasteiger partial charge in [-0.1, -0.05) is 6.07 Å². The predicted molar refractivity (Wildman–Crippen MR) is 64.3 cm³/mol. The minimum atomic E-state index is -0.765. The van der Waals surface area contributed by atoms with Gasteiger partial charge in [0.1, 0.15) is 0 Å². The lowest BCUT2D eigenvalue weighted by molar-refractivity contribution is 0.0944. The van der Waals surface area contributed by atoms with Gasteiger partial charge in [-0.15, -0.1) is 0 Å². The molecule has 0 aromatic carbocycles. The standard InChI is InChI=1S/C13H10N4O/c14-8-12(11-5-1-2-7-16-11)17-13(18)10-4-3-6-15-9-10/h1-7,9,12H,(H,17,18). The van der Waals surface area contributed by atoms with Crippen LogP contribution in [-0.4, -0.2) is 15.9 Å². The van der Waals surface area contributed by atoms with Crippen molar-refractivity contribution in [3.8, 4) is 6.07 Å². The first-order valence-corrected chi connectivity index (χ1v) is 5.32. The number of carbonyl (C=O) groups is 1. The number of hydrogen-bond donors (Lipinski definition) is 1. The van der Waals surface area contributed by atoms with Gasteiger partial charge in [0.2, 0.25) is 0 Å². The second-order valence-corrected chi connectivity index (χ2v) is 3.53. The maximum atomic E-state index is 11.9. The van der Waals surface area contributed by atoms with Gasteiger partial charge in [0, 0.05) is 18.6 Å². The fraction of sp³-hybridized carbons (Fsp3) is 0.0769. The molecule has 0 aliphatic rings. The highest BCUT2D eigenvalue weighted by molar-refractivity contribution is 5.94. The zero-order chi connectivity index (χ0) is 12.8. The van der Waals surface area contributed by atoms with Crippen LogP contribution in [0, 0.1) is 11.3 Å². The Morgan fingerprint density at radius 1 is 1.28 bits per heavy atom. The van der Waals surface area contributed by atoms with Crippen LogP contribution in [0.2, 0.25) is 0 Å². The molecule has 5 nitrogen and oxygen atoms in total. The monoisotopic (exact) mass is 238 g/mol. The van der Waals surface area contributed by atoms with Crippen molar-refractivity contribution in [2.45, 2.75) is 6.04 Å². The number of aromatic nitrogens is 2. The number of hydrogen-bond acceptors (Lipinski definition) is 4. The largest absolute Gasteiger partial charge is 0.331 e. The second-order valence-electron chi connectivity index (χ2n) is 3.53.